The maximum Gasteiger partial charge on any atom is 0.408 e. The summed E-state index contributed by atoms with van der Waals surface area (Å²) in [5.74, 6) is -2.48. The third-order valence-electron chi connectivity index (χ3n) is 2.91. The van der Waals surface area contributed by atoms with Gasteiger partial charge in [0.2, 0.25) is 0 Å². The summed E-state index contributed by atoms with van der Waals surface area (Å²) in [5.41, 5.74) is 0.924. The Kier molecular flexibility index (Phi) is 5.76. The molecule has 2 atom stereocenters. The number of nitrogens with one attached hydrogen (secondary N) is 1. The van der Waals surface area contributed by atoms with Gasteiger partial charge in [0.05, 0.1) is 6.42 Å². The van der Waals surface area contributed by atoms with Crippen LogP contribution in [-0.2, 0) is 14.3 Å². The van der Waals surface area contributed by atoms with Gasteiger partial charge in [-0.25, -0.2) is 9.59 Å². The van der Waals surface area contributed by atoms with E-state index in [1.54, 1.807) is 0 Å². The van der Waals surface area contributed by atoms with Gasteiger partial charge in [-0.15, -0.1) is 0 Å². The molecule has 0 aliphatic heterocycles. The molecule has 0 aromatic heterocycles. The number of hydrogen-bond donors (Lipinski definition) is 3. The van der Waals surface area contributed by atoms with Gasteiger partial charge in [-0.1, -0.05) is 25.2 Å². The zero-order valence-electron chi connectivity index (χ0n) is 11.0. The van der Waals surface area contributed by atoms with Gasteiger partial charge in [-0.05, 0) is 17.9 Å². The van der Waals surface area contributed by atoms with E-state index in [2.05, 4.69) is 0 Å². The van der Waals surface area contributed by atoms with Crippen molar-refractivity contribution in [3.8, 4) is 0 Å². The molecule has 1 aliphatic carbocycles. The topological polar surface area (TPSA) is 113 Å². The Bertz CT molecular complexity index is 454. The van der Waals surface area contributed by atoms with E-state index >= 15 is 0 Å². The summed E-state index contributed by atoms with van der Waals surface area (Å²) in [6.45, 7) is 2.04. The third kappa shape index (κ3) is 5.13. The standard InChI is InChI=1S/C13H17NO6/c1-8-4-2-3-5-9(8)7-20-13(19)14-10(12(17)18)6-11(15)16/h2-3,5,8,10H,4,6-7H2,1H3,(H,14,19)(H,15,16)(H,17,18). The van der Waals surface area contributed by atoms with E-state index in [0.29, 0.717) is 0 Å². The quantitative estimate of drug-likeness (QED) is 0.674. The minimum Gasteiger partial charge on any atom is -0.481 e. The first-order chi connectivity index (χ1) is 9.40. The summed E-state index contributed by atoms with van der Waals surface area (Å²) in [6.07, 6.45) is 4.91. The lowest BCUT2D eigenvalue weighted by Crippen LogP contribution is -2.42. The molecule has 1 amide bonds. The van der Waals surface area contributed by atoms with E-state index in [1.165, 1.54) is 0 Å². The van der Waals surface area contributed by atoms with Crippen molar-refractivity contribution in [1.29, 1.82) is 0 Å². The van der Waals surface area contributed by atoms with Crippen LogP contribution < -0.4 is 5.32 Å². The van der Waals surface area contributed by atoms with Crippen molar-refractivity contribution in [2.75, 3.05) is 6.61 Å². The number of hydrogen-bond acceptors (Lipinski definition) is 4. The maximum absolute atomic E-state index is 11.5. The zero-order valence-corrected chi connectivity index (χ0v) is 11.0. The molecule has 2 unspecified atom stereocenters. The van der Waals surface area contributed by atoms with E-state index in [9.17, 15) is 14.4 Å². The molecule has 7 heteroatoms. The maximum atomic E-state index is 11.5. The highest BCUT2D eigenvalue weighted by molar-refractivity contribution is 5.84. The molecule has 0 aromatic rings. The van der Waals surface area contributed by atoms with Gasteiger partial charge in [-0.2, -0.15) is 0 Å². The van der Waals surface area contributed by atoms with Crippen LogP contribution in [0.4, 0.5) is 4.79 Å². The lowest BCUT2D eigenvalue weighted by Gasteiger charge is -2.18. The minimum absolute atomic E-state index is 0.0523. The normalized spacial score (nSPS) is 18.9. The van der Waals surface area contributed by atoms with Crippen LogP contribution in [-0.4, -0.2) is 40.9 Å². The molecular weight excluding hydrogens is 266 g/mol. The molecule has 110 valence electrons. The van der Waals surface area contributed by atoms with Gasteiger partial charge >= 0.3 is 18.0 Å². The molecule has 0 heterocycles. The number of allylic oxidation sites excluding steroid dienone is 3. The predicted molar refractivity (Wildman–Crippen MR) is 69.2 cm³/mol. The molecular formula is C13H17NO6. The van der Waals surface area contributed by atoms with E-state index in [-0.39, 0.29) is 12.5 Å². The average molecular weight is 283 g/mol. The second-order valence-electron chi connectivity index (χ2n) is 4.52. The molecule has 0 bridgehead atoms. The summed E-state index contributed by atoms with van der Waals surface area (Å²) < 4.78 is 4.91. The van der Waals surface area contributed by atoms with Crippen LogP contribution >= 0.6 is 0 Å². The van der Waals surface area contributed by atoms with Crippen molar-refractivity contribution in [3.63, 3.8) is 0 Å². The fourth-order valence-electron chi connectivity index (χ4n) is 1.69. The molecule has 0 spiro atoms. The Morgan fingerprint density at radius 2 is 2.15 bits per heavy atom. The van der Waals surface area contributed by atoms with Gasteiger partial charge in [0, 0.05) is 0 Å². The van der Waals surface area contributed by atoms with Crippen molar-refractivity contribution in [2.24, 2.45) is 5.92 Å². The van der Waals surface area contributed by atoms with Gasteiger partial charge in [0.1, 0.15) is 12.6 Å². The van der Waals surface area contributed by atoms with Crippen LogP contribution in [0.3, 0.4) is 0 Å². The number of rotatable bonds is 6. The van der Waals surface area contributed by atoms with Crippen molar-refractivity contribution < 1.29 is 29.3 Å². The molecule has 0 radical (unpaired) electrons. The second-order valence-corrected chi connectivity index (χ2v) is 4.52. The molecule has 0 saturated heterocycles. The fourth-order valence-corrected chi connectivity index (χ4v) is 1.69. The molecule has 1 rings (SSSR count). The van der Waals surface area contributed by atoms with E-state index in [1.807, 2.05) is 30.5 Å². The van der Waals surface area contributed by atoms with Gasteiger partial charge in [-0.3, -0.25) is 4.79 Å². The monoisotopic (exact) mass is 283 g/mol. The van der Waals surface area contributed by atoms with Crippen molar-refractivity contribution in [1.82, 2.24) is 5.32 Å². The second kappa shape index (κ2) is 7.32. The van der Waals surface area contributed by atoms with Crippen molar-refractivity contribution >= 4 is 18.0 Å². The summed E-state index contributed by atoms with van der Waals surface area (Å²) in [6, 6.07) is -1.50. The summed E-state index contributed by atoms with van der Waals surface area (Å²) in [4.78, 5) is 32.7. The van der Waals surface area contributed by atoms with Crippen LogP contribution in [0, 0.1) is 5.92 Å². The lowest BCUT2D eigenvalue weighted by molar-refractivity contribution is -0.145. The molecule has 1 aliphatic rings. The number of amides is 1. The summed E-state index contributed by atoms with van der Waals surface area (Å²) in [7, 11) is 0. The first-order valence-corrected chi connectivity index (χ1v) is 6.13. The Morgan fingerprint density at radius 1 is 1.45 bits per heavy atom. The zero-order chi connectivity index (χ0) is 15.1. The average Bonchev–Trinajstić information content (AvgIpc) is 2.36. The first kappa shape index (κ1) is 15.7. The number of alkyl carbamates (subject to hydrolysis) is 1. The highest BCUT2D eigenvalue weighted by atomic mass is 16.5. The van der Waals surface area contributed by atoms with E-state index in [0.717, 1.165) is 12.0 Å². The van der Waals surface area contributed by atoms with Crippen molar-refractivity contribution in [3.05, 3.63) is 23.8 Å². The molecule has 0 saturated carbocycles. The van der Waals surface area contributed by atoms with Gasteiger partial charge < -0.3 is 20.3 Å². The Hall–Kier alpha value is -2.31. The summed E-state index contributed by atoms with van der Waals surface area (Å²) in [5, 5.41) is 19.3. The highest BCUT2D eigenvalue weighted by Gasteiger charge is 2.24. The van der Waals surface area contributed by atoms with Crippen LogP contribution in [0.25, 0.3) is 0 Å². The Labute approximate surface area is 115 Å². The number of carbonyl (C=O) groups is 3. The molecule has 20 heavy (non-hydrogen) atoms. The summed E-state index contributed by atoms with van der Waals surface area (Å²) >= 11 is 0. The smallest absolute Gasteiger partial charge is 0.408 e. The number of carboxylic acid groups (broad SMARTS) is 2. The molecule has 3 N–H and O–H groups in total. The predicted octanol–water partition coefficient (Wildman–Crippen LogP) is 1.16. The lowest BCUT2D eigenvalue weighted by atomic mass is 9.94. The number of carboxylic acids is 2. The van der Waals surface area contributed by atoms with Crippen LogP contribution in [0.15, 0.2) is 23.8 Å². The van der Waals surface area contributed by atoms with Crippen LogP contribution in [0.2, 0.25) is 0 Å². The Balaban J connectivity index is 2.46. The molecule has 0 fully saturated rings. The number of ether oxygens (including phenoxy) is 1. The minimum atomic E-state index is -1.50. The fraction of sp³-hybridized carbons (Fsp3) is 0.462. The highest BCUT2D eigenvalue weighted by Crippen LogP contribution is 2.19. The number of carbonyl (C=O) groups excluding carboxylic acids is 1. The van der Waals surface area contributed by atoms with E-state index < -0.39 is 30.5 Å². The van der Waals surface area contributed by atoms with Gasteiger partial charge in [0.25, 0.3) is 0 Å². The first-order valence-electron chi connectivity index (χ1n) is 6.13. The van der Waals surface area contributed by atoms with Crippen LogP contribution in [0.1, 0.15) is 19.8 Å². The van der Waals surface area contributed by atoms with Crippen LogP contribution in [0.5, 0.6) is 0 Å². The SMILES string of the molecule is CC1CC=CC=C1COC(=O)NC(CC(=O)O)C(=O)O. The number of aliphatic carboxylic acids is 2. The van der Waals surface area contributed by atoms with E-state index in [4.69, 9.17) is 14.9 Å². The van der Waals surface area contributed by atoms with Gasteiger partial charge in [0.15, 0.2) is 0 Å². The van der Waals surface area contributed by atoms with Crippen molar-refractivity contribution in [2.45, 2.75) is 25.8 Å². The molecule has 0 aromatic carbocycles. The molecule has 7 nitrogen and oxygen atoms in total. The Morgan fingerprint density at radius 3 is 2.70 bits per heavy atom. The largest absolute Gasteiger partial charge is 0.481 e. The third-order valence-corrected chi connectivity index (χ3v) is 2.91.